The maximum atomic E-state index is 13.0. The summed E-state index contributed by atoms with van der Waals surface area (Å²) in [5, 5.41) is 4.90. The van der Waals surface area contributed by atoms with Gasteiger partial charge in [-0.25, -0.2) is 4.39 Å². The van der Waals surface area contributed by atoms with Crippen molar-refractivity contribution in [2.24, 2.45) is 0 Å². The van der Waals surface area contributed by atoms with Crippen molar-refractivity contribution in [1.82, 2.24) is 5.32 Å². The SMILES string of the molecule is Cc1ccsc1CNCc1ccc(F)cc1C(F)(F)F. The molecular weight excluding hydrogens is 290 g/mol. The third-order valence-electron chi connectivity index (χ3n) is 2.95. The fourth-order valence-corrected chi connectivity index (χ4v) is 2.74. The van der Waals surface area contributed by atoms with Crippen LogP contribution in [0.15, 0.2) is 29.6 Å². The molecule has 0 aliphatic rings. The zero-order valence-electron chi connectivity index (χ0n) is 10.7. The predicted molar refractivity (Wildman–Crippen MR) is 71.0 cm³/mol. The van der Waals surface area contributed by atoms with E-state index in [0.29, 0.717) is 12.6 Å². The van der Waals surface area contributed by atoms with Gasteiger partial charge in [0.2, 0.25) is 0 Å². The van der Waals surface area contributed by atoms with E-state index in [1.54, 1.807) is 11.3 Å². The number of alkyl halides is 3. The molecule has 0 fully saturated rings. The normalized spacial score (nSPS) is 11.8. The summed E-state index contributed by atoms with van der Waals surface area (Å²) in [5.74, 6) is -0.879. The maximum absolute atomic E-state index is 13.0. The molecule has 2 rings (SSSR count). The van der Waals surface area contributed by atoms with Gasteiger partial charge in [0.15, 0.2) is 0 Å². The topological polar surface area (TPSA) is 12.0 Å². The lowest BCUT2D eigenvalue weighted by molar-refractivity contribution is -0.138. The van der Waals surface area contributed by atoms with Crippen LogP contribution in [-0.4, -0.2) is 0 Å². The Bertz CT molecular complexity index is 589. The number of nitrogens with one attached hydrogen (secondary N) is 1. The van der Waals surface area contributed by atoms with Gasteiger partial charge in [0, 0.05) is 18.0 Å². The lowest BCUT2D eigenvalue weighted by Crippen LogP contribution is -2.17. The maximum Gasteiger partial charge on any atom is 0.416 e. The summed E-state index contributed by atoms with van der Waals surface area (Å²) in [6.07, 6.45) is -4.54. The molecule has 0 radical (unpaired) electrons. The highest BCUT2D eigenvalue weighted by Crippen LogP contribution is 2.32. The highest BCUT2D eigenvalue weighted by molar-refractivity contribution is 7.10. The minimum absolute atomic E-state index is 0.0481. The van der Waals surface area contributed by atoms with Crippen LogP contribution in [0.5, 0.6) is 0 Å². The van der Waals surface area contributed by atoms with Gasteiger partial charge in [0.05, 0.1) is 5.56 Å². The Morgan fingerprint density at radius 1 is 1.15 bits per heavy atom. The van der Waals surface area contributed by atoms with E-state index in [4.69, 9.17) is 0 Å². The largest absolute Gasteiger partial charge is 0.416 e. The van der Waals surface area contributed by atoms with Crippen LogP contribution in [-0.2, 0) is 19.3 Å². The first-order chi connectivity index (χ1) is 9.38. The van der Waals surface area contributed by atoms with Crippen molar-refractivity contribution < 1.29 is 17.6 Å². The molecule has 1 aromatic carbocycles. The third kappa shape index (κ3) is 3.58. The summed E-state index contributed by atoms with van der Waals surface area (Å²) in [7, 11) is 0. The van der Waals surface area contributed by atoms with E-state index in [9.17, 15) is 17.6 Å². The van der Waals surface area contributed by atoms with Crippen LogP contribution in [0.1, 0.15) is 21.6 Å². The summed E-state index contributed by atoms with van der Waals surface area (Å²) in [4.78, 5) is 1.08. The molecule has 0 spiro atoms. The molecule has 0 bridgehead atoms. The van der Waals surface area contributed by atoms with Gasteiger partial charge < -0.3 is 5.32 Å². The Morgan fingerprint density at radius 3 is 2.50 bits per heavy atom. The number of hydrogen-bond acceptors (Lipinski definition) is 2. The van der Waals surface area contributed by atoms with Crippen LogP contribution in [0.4, 0.5) is 17.6 Å². The average molecular weight is 303 g/mol. The molecule has 1 aromatic heterocycles. The van der Waals surface area contributed by atoms with Gasteiger partial charge >= 0.3 is 6.18 Å². The highest BCUT2D eigenvalue weighted by Gasteiger charge is 2.33. The predicted octanol–water partition coefficient (Wildman–Crippen LogP) is 4.50. The van der Waals surface area contributed by atoms with Crippen LogP contribution in [0.25, 0.3) is 0 Å². The second-order valence-electron chi connectivity index (χ2n) is 4.43. The summed E-state index contributed by atoms with van der Waals surface area (Å²) in [5.41, 5.74) is 0.235. The van der Waals surface area contributed by atoms with E-state index in [-0.39, 0.29) is 12.1 Å². The molecule has 1 heterocycles. The standard InChI is InChI=1S/C14H13F4NS/c1-9-4-5-20-13(9)8-19-7-10-2-3-11(15)6-12(10)14(16,17)18/h2-6,19H,7-8H2,1H3. The smallest absolute Gasteiger partial charge is 0.308 e. The van der Waals surface area contributed by atoms with Gasteiger partial charge in [0.25, 0.3) is 0 Å². The van der Waals surface area contributed by atoms with Crippen LogP contribution < -0.4 is 5.32 Å². The number of thiophene rings is 1. The Morgan fingerprint density at radius 2 is 1.90 bits per heavy atom. The summed E-state index contributed by atoms with van der Waals surface area (Å²) >= 11 is 1.55. The summed E-state index contributed by atoms with van der Waals surface area (Å²) < 4.78 is 51.4. The number of aryl methyl sites for hydroxylation is 1. The second-order valence-corrected chi connectivity index (χ2v) is 5.43. The number of halogens is 4. The van der Waals surface area contributed by atoms with E-state index >= 15 is 0 Å². The molecule has 0 saturated heterocycles. The molecule has 108 valence electrons. The Hall–Kier alpha value is -1.40. The number of hydrogen-bond donors (Lipinski definition) is 1. The van der Waals surface area contributed by atoms with Crippen LogP contribution in [0.2, 0.25) is 0 Å². The Kier molecular flexibility index (Phi) is 4.45. The molecule has 20 heavy (non-hydrogen) atoms. The zero-order valence-corrected chi connectivity index (χ0v) is 11.5. The van der Waals surface area contributed by atoms with Gasteiger partial charge in [-0.3, -0.25) is 0 Å². The molecule has 2 aromatic rings. The average Bonchev–Trinajstić information content (AvgIpc) is 2.76. The van der Waals surface area contributed by atoms with Gasteiger partial charge in [0.1, 0.15) is 5.82 Å². The van der Waals surface area contributed by atoms with Gasteiger partial charge in [-0.2, -0.15) is 13.2 Å². The minimum Gasteiger partial charge on any atom is -0.308 e. The first-order valence-corrected chi connectivity index (χ1v) is 6.85. The highest BCUT2D eigenvalue weighted by atomic mass is 32.1. The Balaban J connectivity index is 2.08. The molecule has 0 saturated carbocycles. The monoisotopic (exact) mass is 303 g/mol. The van der Waals surface area contributed by atoms with E-state index in [1.807, 2.05) is 18.4 Å². The fourth-order valence-electron chi connectivity index (χ4n) is 1.86. The molecule has 6 heteroatoms. The summed E-state index contributed by atoms with van der Waals surface area (Å²) in [6.45, 7) is 2.50. The molecule has 0 unspecified atom stereocenters. The van der Waals surface area contributed by atoms with Crippen molar-refractivity contribution in [3.05, 3.63) is 57.0 Å². The van der Waals surface area contributed by atoms with Crippen molar-refractivity contribution in [3.8, 4) is 0 Å². The molecule has 1 nitrogen and oxygen atoms in total. The first kappa shape index (κ1) is 15.0. The van der Waals surface area contributed by atoms with Crippen molar-refractivity contribution >= 4 is 11.3 Å². The minimum atomic E-state index is -4.54. The molecular formula is C14H13F4NS. The summed E-state index contributed by atoms with van der Waals surface area (Å²) in [6, 6.07) is 4.71. The van der Waals surface area contributed by atoms with Crippen molar-refractivity contribution in [2.75, 3.05) is 0 Å². The van der Waals surface area contributed by atoms with Gasteiger partial charge in [-0.15, -0.1) is 11.3 Å². The number of benzene rings is 1. The van der Waals surface area contributed by atoms with Crippen LogP contribution in [0, 0.1) is 12.7 Å². The molecule has 0 amide bonds. The lowest BCUT2D eigenvalue weighted by Gasteiger charge is -2.13. The molecule has 0 aliphatic heterocycles. The quantitative estimate of drug-likeness (QED) is 0.820. The van der Waals surface area contributed by atoms with Crippen molar-refractivity contribution in [3.63, 3.8) is 0 Å². The first-order valence-electron chi connectivity index (χ1n) is 5.97. The van der Waals surface area contributed by atoms with E-state index in [1.165, 1.54) is 6.07 Å². The fraction of sp³-hybridized carbons (Fsp3) is 0.286. The Labute approximate surface area is 118 Å². The zero-order chi connectivity index (χ0) is 14.8. The lowest BCUT2D eigenvalue weighted by atomic mass is 10.1. The van der Waals surface area contributed by atoms with Gasteiger partial charge in [-0.05, 0) is 41.6 Å². The van der Waals surface area contributed by atoms with E-state index < -0.39 is 17.6 Å². The van der Waals surface area contributed by atoms with Crippen LogP contribution in [0.3, 0.4) is 0 Å². The second kappa shape index (κ2) is 5.93. The molecule has 0 aliphatic carbocycles. The molecule has 0 atom stereocenters. The van der Waals surface area contributed by atoms with E-state index in [0.717, 1.165) is 16.5 Å². The van der Waals surface area contributed by atoms with Crippen molar-refractivity contribution in [1.29, 1.82) is 0 Å². The molecule has 1 N–H and O–H groups in total. The van der Waals surface area contributed by atoms with Crippen molar-refractivity contribution in [2.45, 2.75) is 26.2 Å². The van der Waals surface area contributed by atoms with Gasteiger partial charge in [-0.1, -0.05) is 6.07 Å². The number of rotatable bonds is 4. The van der Waals surface area contributed by atoms with E-state index in [2.05, 4.69) is 5.32 Å². The third-order valence-corrected chi connectivity index (χ3v) is 3.97. The van der Waals surface area contributed by atoms with Crippen LogP contribution >= 0.6 is 11.3 Å².